The first kappa shape index (κ1) is 19.8. The van der Waals surface area contributed by atoms with Crippen LogP contribution in [0, 0.1) is 0 Å². The van der Waals surface area contributed by atoms with Crippen molar-refractivity contribution in [2.75, 3.05) is 33.3 Å². The van der Waals surface area contributed by atoms with Crippen molar-refractivity contribution in [1.82, 2.24) is 19.8 Å². The summed E-state index contributed by atoms with van der Waals surface area (Å²) in [6.07, 6.45) is 5.53. The summed E-state index contributed by atoms with van der Waals surface area (Å²) in [6, 6.07) is 7.79. The molecule has 1 aromatic heterocycles. The minimum Gasteiger partial charge on any atom is -0.494 e. The molecule has 1 amide bonds. The van der Waals surface area contributed by atoms with Crippen LogP contribution in [0.4, 0.5) is 0 Å². The van der Waals surface area contributed by atoms with Crippen molar-refractivity contribution in [3.8, 4) is 5.75 Å². The number of fused-ring (bicyclic) bond motifs is 1. The monoisotopic (exact) mass is 394 g/mol. The molecule has 0 radical (unpaired) electrons. The molecule has 2 aromatic rings. The summed E-state index contributed by atoms with van der Waals surface area (Å²) in [5.41, 5.74) is 3.22. The molecule has 1 saturated heterocycles. The SMILES string of the molecule is CCOc1ccc(CC(=O)N2CCc3nc(C4CCCN(C)C4)ncc3C2)cc1. The molecular formula is C23H30N4O2. The second kappa shape index (κ2) is 8.91. The number of hydrogen-bond acceptors (Lipinski definition) is 5. The molecule has 0 N–H and O–H groups in total. The molecule has 0 spiro atoms. The van der Waals surface area contributed by atoms with Gasteiger partial charge in [-0.25, -0.2) is 9.97 Å². The summed E-state index contributed by atoms with van der Waals surface area (Å²) in [6.45, 7) is 6.14. The maximum Gasteiger partial charge on any atom is 0.227 e. The van der Waals surface area contributed by atoms with Crippen LogP contribution < -0.4 is 4.74 Å². The Kier molecular flexibility index (Phi) is 6.09. The first-order valence-electron chi connectivity index (χ1n) is 10.6. The van der Waals surface area contributed by atoms with Crippen LogP contribution in [0.25, 0.3) is 0 Å². The lowest BCUT2D eigenvalue weighted by molar-refractivity contribution is -0.131. The molecule has 2 aliphatic rings. The molecule has 2 aliphatic heterocycles. The highest BCUT2D eigenvalue weighted by atomic mass is 16.5. The van der Waals surface area contributed by atoms with E-state index < -0.39 is 0 Å². The maximum absolute atomic E-state index is 12.8. The number of carbonyl (C=O) groups is 1. The Labute approximate surface area is 172 Å². The molecule has 154 valence electrons. The quantitative estimate of drug-likeness (QED) is 0.781. The van der Waals surface area contributed by atoms with Gasteiger partial charge in [0, 0.05) is 43.7 Å². The molecule has 1 fully saturated rings. The summed E-state index contributed by atoms with van der Waals surface area (Å²) in [5.74, 6) is 2.40. The van der Waals surface area contributed by atoms with E-state index in [2.05, 4.69) is 16.9 Å². The number of rotatable bonds is 5. The summed E-state index contributed by atoms with van der Waals surface area (Å²) in [4.78, 5) is 26.6. The van der Waals surface area contributed by atoms with Crippen LogP contribution in [0.3, 0.4) is 0 Å². The Morgan fingerprint density at radius 3 is 2.83 bits per heavy atom. The van der Waals surface area contributed by atoms with Gasteiger partial charge in [0.2, 0.25) is 5.91 Å². The normalized spacial score (nSPS) is 19.7. The van der Waals surface area contributed by atoms with E-state index in [0.29, 0.717) is 25.5 Å². The molecule has 1 atom stereocenters. The second-order valence-electron chi connectivity index (χ2n) is 8.12. The van der Waals surface area contributed by atoms with Gasteiger partial charge < -0.3 is 14.5 Å². The Morgan fingerprint density at radius 2 is 2.07 bits per heavy atom. The fraction of sp³-hybridized carbons (Fsp3) is 0.522. The number of amides is 1. The molecule has 3 heterocycles. The number of likely N-dealkylation sites (N-methyl/N-ethyl adjacent to an activating group) is 1. The predicted octanol–water partition coefficient (Wildman–Crippen LogP) is 2.81. The molecule has 6 nitrogen and oxygen atoms in total. The Morgan fingerprint density at radius 1 is 1.24 bits per heavy atom. The van der Waals surface area contributed by atoms with E-state index in [1.807, 2.05) is 42.3 Å². The first-order chi connectivity index (χ1) is 14.1. The van der Waals surface area contributed by atoms with Crippen LogP contribution in [0.1, 0.15) is 48.3 Å². The van der Waals surface area contributed by atoms with Crippen LogP contribution >= 0.6 is 0 Å². The van der Waals surface area contributed by atoms with Crippen molar-refractivity contribution < 1.29 is 9.53 Å². The van der Waals surface area contributed by atoms with Crippen LogP contribution in [0.15, 0.2) is 30.5 Å². The molecule has 29 heavy (non-hydrogen) atoms. The number of aromatic nitrogens is 2. The van der Waals surface area contributed by atoms with Crippen LogP contribution in [0.2, 0.25) is 0 Å². The van der Waals surface area contributed by atoms with Crippen molar-refractivity contribution in [3.63, 3.8) is 0 Å². The molecule has 0 bridgehead atoms. The van der Waals surface area contributed by atoms with Gasteiger partial charge in [-0.3, -0.25) is 4.79 Å². The highest BCUT2D eigenvalue weighted by molar-refractivity contribution is 5.79. The van der Waals surface area contributed by atoms with Gasteiger partial charge in [0.05, 0.1) is 18.7 Å². The van der Waals surface area contributed by atoms with Gasteiger partial charge in [-0.2, -0.15) is 0 Å². The Balaban J connectivity index is 1.38. The molecule has 0 saturated carbocycles. The fourth-order valence-corrected chi connectivity index (χ4v) is 4.27. The average Bonchev–Trinajstić information content (AvgIpc) is 2.74. The topological polar surface area (TPSA) is 58.6 Å². The van der Waals surface area contributed by atoms with Gasteiger partial charge in [0.15, 0.2) is 0 Å². The smallest absolute Gasteiger partial charge is 0.227 e. The minimum atomic E-state index is 0.151. The zero-order valence-electron chi connectivity index (χ0n) is 17.4. The summed E-state index contributed by atoms with van der Waals surface area (Å²) >= 11 is 0. The lowest BCUT2D eigenvalue weighted by Crippen LogP contribution is -2.38. The fourth-order valence-electron chi connectivity index (χ4n) is 4.27. The number of likely N-dealkylation sites (tertiary alicyclic amines) is 1. The number of carbonyl (C=O) groups excluding carboxylic acids is 1. The number of ether oxygens (including phenoxy) is 1. The van der Waals surface area contributed by atoms with Gasteiger partial charge in [-0.05, 0) is 51.1 Å². The number of hydrogen-bond donors (Lipinski definition) is 0. The van der Waals surface area contributed by atoms with Crippen LogP contribution in [-0.4, -0.2) is 59.0 Å². The van der Waals surface area contributed by atoms with E-state index >= 15 is 0 Å². The van der Waals surface area contributed by atoms with Crippen molar-refractivity contribution in [1.29, 1.82) is 0 Å². The predicted molar refractivity (Wildman–Crippen MR) is 112 cm³/mol. The molecule has 4 rings (SSSR count). The third kappa shape index (κ3) is 4.75. The van der Waals surface area contributed by atoms with Gasteiger partial charge in [-0.15, -0.1) is 0 Å². The third-order valence-electron chi connectivity index (χ3n) is 5.88. The lowest BCUT2D eigenvalue weighted by Gasteiger charge is -2.31. The zero-order valence-corrected chi connectivity index (χ0v) is 17.4. The molecule has 1 aromatic carbocycles. The molecule has 6 heteroatoms. The van der Waals surface area contributed by atoms with Crippen molar-refractivity contribution in [2.45, 2.75) is 45.1 Å². The van der Waals surface area contributed by atoms with E-state index in [0.717, 1.165) is 60.9 Å². The van der Waals surface area contributed by atoms with Gasteiger partial charge >= 0.3 is 0 Å². The number of benzene rings is 1. The van der Waals surface area contributed by atoms with Crippen LogP contribution in [0.5, 0.6) is 5.75 Å². The second-order valence-corrected chi connectivity index (χ2v) is 8.12. The summed E-state index contributed by atoms with van der Waals surface area (Å²) in [7, 11) is 2.17. The van der Waals surface area contributed by atoms with Crippen molar-refractivity contribution >= 4 is 5.91 Å². The largest absolute Gasteiger partial charge is 0.494 e. The number of nitrogens with zero attached hydrogens (tertiary/aromatic N) is 4. The third-order valence-corrected chi connectivity index (χ3v) is 5.88. The van der Waals surface area contributed by atoms with E-state index in [1.165, 1.54) is 6.42 Å². The number of piperidine rings is 1. The highest BCUT2D eigenvalue weighted by Crippen LogP contribution is 2.26. The van der Waals surface area contributed by atoms with Gasteiger partial charge in [-0.1, -0.05) is 12.1 Å². The van der Waals surface area contributed by atoms with Crippen molar-refractivity contribution in [3.05, 3.63) is 53.1 Å². The lowest BCUT2D eigenvalue weighted by atomic mass is 9.97. The van der Waals surface area contributed by atoms with E-state index in [4.69, 9.17) is 9.72 Å². The molecule has 0 aliphatic carbocycles. The van der Waals surface area contributed by atoms with Crippen molar-refractivity contribution in [2.24, 2.45) is 0 Å². The van der Waals surface area contributed by atoms with Crippen LogP contribution in [-0.2, 0) is 24.2 Å². The standard InChI is InChI=1S/C23H30N4O2/c1-3-29-20-8-6-17(7-9-20)13-22(28)27-12-10-21-19(16-27)14-24-23(25-21)18-5-4-11-26(2)15-18/h6-9,14,18H,3-5,10-13,15-16H2,1-2H3. The Hall–Kier alpha value is -2.47. The average molecular weight is 395 g/mol. The maximum atomic E-state index is 12.8. The minimum absolute atomic E-state index is 0.151. The molecule has 1 unspecified atom stereocenters. The van der Waals surface area contributed by atoms with E-state index in [1.54, 1.807) is 0 Å². The van der Waals surface area contributed by atoms with Gasteiger partial charge in [0.25, 0.3) is 0 Å². The zero-order chi connectivity index (χ0) is 20.2. The first-order valence-corrected chi connectivity index (χ1v) is 10.6. The summed E-state index contributed by atoms with van der Waals surface area (Å²) < 4.78 is 5.47. The van der Waals surface area contributed by atoms with E-state index in [9.17, 15) is 4.79 Å². The summed E-state index contributed by atoms with van der Waals surface area (Å²) in [5, 5.41) is 0. The van der Waals surface area contributed by atoms with E-state index in [-0.39, 0.29) is 5.91 Å². The highest BCUT2D eigenvalue weighted by Gasteiger charge is 2.25. The molecular weight excluding hydrogens is 364 g/mol. The van der Waals surface area contributed by atoms with Gasteiger partial charge in [0.1, 0.15) is 11.6 Å². The Bertz CT molecular complexity index is 852.